The molecular formula is C21H23FN4OS. The summed E-state index contributed by atoms with van der Waals surface area (Å²) in [7, 11) is 2.10. The Hall–Kier alpha value is -2.51. The van der Waals surface area contributed by atoms with Gasteiger partial charge in [-0.3, -0.25) is 9.69 Å². The lowest BCUT2D eigenvalue weighted by Crippen LogP contribution is -2.47. The number of piperidine rings is 1. The number of aromatic nitrogens is 2. The number of benzene rings is 1. The van der Waals surface area contributed by atoms with E-state index in [9.17, 15) is 9.18 Å². The number of rotatable bonds is 4. The molecule has 0 atom stereocenters. The van der Waals surface area contributed by atoms with E-state index in [1.165, 1.54) is 23.5 Å². The second-order valence-corrected chi connectivity index (χ2v) is 8.24. The fraction of sp³-hybridized carbons (Fsp3) is 0.333. The van der Waals surface area contributed by atoms with E-state index in [4.69, 9.17) is 0 Å². The zero-order valence-corrected chi connectivity index (χ0v) is 16.8. The number of hydrogen-bond donors (Lipinski definition) is 0. The topological polar surface area (TPSA) is 41.4 Å². The van der Waals surface area contributed by atoms with Crippen LogP contribution in [0.25, 0.3) is 5.69 Å². The molecule has 3 heterocycles. The minimum absolute atomic E-state index is 0.0229. The highest BCUT2D eigenvalue weighted by Crippen LogP contribution is 2.26. The molecule has 3 aromatic rings. The molecule has 0 saturated carbocycles. The Morgan fingerprint density at radius 1 is 1.25 bits per heavy atom. The molecule has 1 amide bonds. The minimum Gasteiger partial charge on any atom is -0.306 e. The van der Waals surface area contributed by atoms with Crippen LogP contribution >= 0.6 is 11.3 Å². The van der Waals surface area contributed by atoms with Gasteiger partial charge >= 0.3 is 0 Å². The fourth-order valence-corrected chi connectivity index (χ4v) is 4.32. The minimum atomic E-state index is -0.297. The molecule has 1 fully saturated rings. The number of carbonyl (C=O) groups is 1. The first-order valence-corrected chi connectivity index (χ1v) is 10.3. The highest BCUT2D eigenvalue weighted by Gasteiger charge is 2.31. The monoisotopic (exact) mass is 398 g/mol. The first-order valence-electron chi connectivity index (χ1n) is 9.40. The second kappa shape index (κ2) is 7.85. The summed E-state index contributed by atoms with van der Waals surface area (Å²) in [6, 6.07) is 10.5. The molecule has 0 bridgehead atoms. The van der Waals surface area contributed by atoms with Crippen molar-refractivity contribution in [3.8, 4) is 5.69 Å². The van der Waals surface area contributed by atoms with Crippen molar-refractivity contribution >= 4 is 23.1 Å². The van der Waals surface area contributed by atoms with Gasteiger partial charge in [-0.05, 0) is 75.1 Å². The fourth-order valence-electron chi connectivity index (χ4n) is 3.66. The molecule has 0 aliphatic carbocycles. The van der Waals surface area contributed by atoms with Crippen molar-refractivity contribution in [2.75, 3.05) is 25.0 Å². The number of hydrogen-bond acceptors (Lipinski definition) is 4. The highest BCUT2D eigenvalue weighted by molar-refractivity contribution is 7.12. The van der Waals surface area contributed by atoms with E-state index in [-0.39, 0.29) is 17.8 Å². The number of halogens is 1. The van der Waals surface area contributed by atoms with Crippen molar-refractivity contribution in [3.05, 3.63) is 64.2 Å². The molecule has 4 rings (SSSR count). The van der Waals surface area contributed by atoms with E-state index in [0.29, 0.717) is 16.4 Å². The molecule has 2 aromatic heterocycles. The standard InChI is InChI=1S/C21H23FN4OS/c1-15-12-16(22)14-18(13-15)25-10-7-20(23-25)26(17-5-8-24(2)9-6-17)21(27)19-4-3-11-28-19/h3-4,7,10-14,17H,5-6,8-9H2,1-2H3. The number of thiophene rings is 1. The van der Waals surface area contributed by atoms with Crippen LogP contribution in [0, 0.1) is 12.7 Å². The quantitative estimate of drug-likeness (QED) is 0.664. The second-order valence-electron chi connectivity index (χ2n) is 7.29. The molecule has 0 N–H and O–H groups in total. The third-order valence-electron chi connectivity index (χ3n) is 5.12. The molecule has 28 heavy (non-hydrogen) atoms. The lowest BCUT2D eigenvalue weighted by molar-refractivity contribution is 0.0966. The van der Waals surface area contributed by atoms with Gasteiger partial charge in [0.2, 0.25) is 0 Å². The van der Waals surface area contributed by atoms with E-state index in [1.54, 1.807) is 10.9 Å². The van der Waals surface area contributed by atoms with Crippen molar-refractivity contribution < 1.29 is 9.18 Å². The van der Waals surface area contributed by atoms with Crippen LogP contribution in [0.15, 0.2) is 48.0 Å². The van der Waals surface area contributed by atoms with Crippen LogP contribution < -0.4 is 4.90 Å². The normalized spacial score (nSPS) is 15.7. The Bertz CT molecular complexity index is 940. The third-order valence-corrected chi connectivity index (χ3v) is 5.98. The van der Waals surface area contributed by atoms with Gasteiger partial charge in [-0.15, -0.1) is 16.4 Å². The van der Waals surface area contributed by atoms with Crippen molar-refractivity contribution in [2.24, 2.45) is 0 Å². The predicted octanol–water partition coefficient (Wildman–Crippen LogP) is 4.12. The average molecular weight is 399 g/mol. The maximum atomic E-state index is 13.8. The predicted molar refractivity (Wildman–Crippen MR) is 110 cm³/mol. The molecule has 7 heteroatoms. The summed E-state index contributed by atoms with van der Waals surface area (Å²) in [6.45, 7) is 3.74. The van der Waals surface area contributed by atoms with E-state index >= 15 is 0 Å². The Labute approximate surface area is 168 Å². The van der Waals surface area contributed by atoms with Gasteiger partial charge in [0.25, 0.3) is 5.91 Å². The Morgan fingerprint density at radius 2 is 2.04 bits per heavy atom. The molecular weight excluding hydrogens is 375 g/mol. The molecule has 146 valence electrons. The first-order chi connectivity index (χ1) is 13.5. The van der Waals surface area contributed by atoms with Gasteiger partial charge in [0.05, 0.1) is 10.6 Å². The summed E-state index contributed by atoms with van der Waals surface area (Å²) >= 11 is 1.44. The van der Waals surface area contributed by atoms with Gasteiger partial charge in [-0.2, -0.15) is 0 Å². The summed E-state index contributed by atoms with van der Waals surface area (Å²) in [6.07, 6.45) is 3.59. The van der Waals surface area contributed by atoms with Crippen molar-refractivity contribution in [1.82, 2.24) is 14.7 Å². The molecule has 1 aliphatic rings. The first kappa shape index (κ1) is 18.8. The van der Waals surface area contributed by atoms with Gasteiger partial charge < -0.3 is 4.90 Å². The van der Waals surface area contributed by atoms with Crippen LogP contribution in [-0.4, -0.2) is 46.8 Å². The molecule has 1 saturated heterocycles. The summed E-state index contributed by atoms with van der Waals surface area (Å²) in [5, 5.41) is 6.55. The van der Waals surface area contributed by atoms with Gasteiger partial charge in [-0.1, -0.05) is 6.07 Å². The molecule has 0 unspecified atom stereocenters. The van der Waals surface area contributed by atoms with Crippen LogP contribution in [0.4, 0.5) is 10.2 Å². The summed E-state index contributed by atoms with van der Waals surface area (Å²) < 4.78 is 15.4. The Kier molecular flexibility index (Phi) is 5.28. The molecule has 1 aliphatic heterocycles. The maximum Gasteiger partial charge on any atom is 0.269 e. The average Bonchev–Trinajstić information content (AvgIpc) is 3.35. The van der Waals surface area contributed by atoms with Gasteiger partial charge in [0, 0.05) is 18.3 Å². The zero-order chi connectivity index (χ0) is 19.7. The van der Waals surface area contributed by atoms with Crippen LogP contribution in [0.5, 0.6) is 0 Å². The Balaban J connectivity index is 1.68. The van der Waals surface area contributed by atoms with Crippen molar-refractivity contribution in [1.29, 1.82) is 0 Å². The number of nitrogens with zero attached hydrogens (tertiary/aromatic N) is 4. The summed E-state index contributed by atoms with van der Waals surface area (Å²) in [5.41, 5.74) is 1.48. The lowest BCUT2D eigenvalue weighted by atomic mass is 10.0. The largest absolute Gasteiger partial charge is 0.306 e. The third kappa shape index (κ3) is 3.86. The molecule has 5 nitrogen and oxygen atoms in total. The number of amides is 1. The van der Waals surface area contributed by atoms with Crippen LogP contribution in [-0.2, 0) is 0 Å². The van der Waals surface area contributed by atoms with Crippen LogP contribution in [0.1, 0.15) is 28.1 Å². The van der Waals surface area contributed by atoms with Gasteiger partial charge in [-0.25, -0.2) is 9.07 Å². The lowest BCUT2D eigenvalue weighted by Gasteiger charge is -2.36. The van der Waals surface area contributed by atoms with Crippen LogP contribution in [0.2, 0.25) is 0 Å². The number of anilines is 1. The van der Waals surface area contributed by atoms with Gasteiger partial charge in [0.1, 0.15) is 5.82 Å². The molecule has 0 spiro atoms. The number of carbonyl (C=O) groups excluding carboxylic acids is 1. The smallest absolute Gasteiger partial charge is 0.269 e. The summed E-state index contributed by atoms with van der Waals surface area (Å²) in [4.78, 5) is 18.1. The number of likely N-dealkylation sites (tertiary alicyclic amines) is 1. The van der Waals surface area contributed by atoms with Crippen molar-refractivity contribution in [2.45, 2.75) is 25.8 Å². The zero-order valence-electron chi connectivity index (χ0n) is 16.0. The SMILES string of the molecule is Cc1cc(F)cc(-n2ccc(N(C(=O)c3cccs3)C3CCN(C)CC3)n2)c1. The summed E-state index contributed by atoms with van der Waals surface area (Å²) in [5.74, 6) is 0.286. The Morgan fingerprint density at radius 3 is 2.71 bits per heavy atom. The van der Waals surface area contributed by atoms with E-state index < -0.39 is 0 Å². The highest BCUT2D eigenvalue weighted by atomic mass is 32.1. The van der Waals surface area contributed by atoms with E-state index in [2.05, 4.69) is 17.0 Å². The van der Waals surface area contributed by atoms with Gasteiger partial charge in [0.15, 0.2) is 5.82 Å². The van der Waals surface area contributed by atoms with E-state index in [1.807, 2.05) is 41.5 Å². The number of aryl methyl sites for hydroxylation is 1. The molecule has 1 aromatic carbocycles. The van der Waals surface area contributed by atoms with Crippen molar-refractivity contribution in [3.63, 3.8) is 0 Å². The maximum absolute atomic E-state index is 13.8. The van der Waals surface area contributed by atoms with E-state index in [0.717, 1.165) is 31.5 Å². The van der Waals surface area contributed by atoms with Crippen LogP contribution in [0.3, 0.4) is 0 Å². The molecule has 0 radical (unpaired) electrons.